The molecule has 5 fully saturated rings. The number of benzene rings is 3. The number of amides is 6. The van der Waals surface area contributed by atoms with Crippen molar-refractivity contribution >= 4 is 46.8 Å². The second-order valence-electron chi connectivity index (χ2n) is 23.2. The van der Waals surface area contributed by atoms with Gasteiger partial charge in [0, 0.05) is 119 Å². The van der Waals surface area contributed by atoms with E-state index in [1.165, 1.54) is 5.56 Å². The van der Waals surface area contributed by atoms with Crippen LogP contribution >= 0.6 is 0 Å². The number of piperidine rings is 3. The lowest BCUT2D eigenvalue weighted by Crippen LogP contribution is -2.54. The van der Waals surface area contributed by atoms with Crippen LogP contribution in [0, 0.1) is 26.2 Å². The van der Waals surface area contributed by atoms with E-state index in [-0.39, 0.29) is 47.9 Å². The molecule has 6 amide bonds. The Labute approximate surface area is 469 Å². The molecular weight excluding hydrogens is 1010 g/mol. The van der Waals surface area contributed by atoms with Crippen molar-refractivity contribution in [2.75, 3.05) is 102 Å². The number of nitrogens with one attached hydrogen (secondary N) is 4. The van der Waals surface area contributed by atoms with Gasteiger partial charge in [0.1, 0.15) is 6.04 Å². The minimum Gasteiger partial charge on any atom is -0.384 e. The van der Waals surface area contributed by atoms with Gasteiger partial charge in [-0.3, -0.25) is 53.6 Å². The minimum absolute atomic E-state index is 0.0838. The van der Waals surface area contributed by atoms with Crippen molar-refractivity contribution in [2.24, 2.45) is 5.41 Å². The Hall–Kier alpha value is -6.73. The molecule has 1 atom stereocenters. The van der Waals surface area contributed by atoms with Crippen LogP contribution in [0.15, 0.2) is 65.5 Å². The fourth-order valence-corrected chi connectivity index (χ4v) is 13.2. The maximum Gasteiger partial charge on any atom is 0.264 e. The molecule has 10 rings (SSSR count). The van der Waals surface area contributed by atoms with Crippen molar-refractivity contribution in [3.05, 3.63) is 116 Å². The minimum atomic E-state index is -0.989. The van der Waals surface area contributed by atoms with Gasteiger partial charge in [-0.1, -0.05) is 30.3 Å². The van der Waals surface area contributed by atoms with Crippen LogP contribution in [0.2, 0.25) is 0 Å². The fourth-order valence-electron chi connectivity index (χ4n) is 13.2. The third-order valence-electron chi connectivity index (χ3n) is 18.1. The first-order valence-corrected chi connectivity index (χ1v) is 29.3. The van der Waals surface area contributed by atoms with E-state index in [0.717, 1.165) is 175 Å². The first kappa shape index (κ1) is 56.5. The van der Waals surface area contributed by atoms with E-state index in [0.29, 0.717) is 41.4 Å². The lowest BCUT2D eigenvalue weighted by molar-refractivity contribution is -0.137. The number of aromatic nitrogens is 1. The molecule has 1 aromatic heterocycles. The molecule has 0 aliphatic carbocycles. The number of ether oxygens (including phenoxy) is 1. The maximum atomic E-state index is 14.1. The largest absolute Gasteiger partial charge is 0.384 e. The number of nitrogens with zero attached hydrogens (tertiary/aromatic N) is 6. The molecule has 426 valence electrons. The number of carbonyl (C=O) groups excluding carboxylic acids is 6. The SMILES string of the molecule is CCN(c1cc(-c2ccc(CN3CCN(CC(=O)N4CCC5(CCN(CCCCNc6cccc7c6C(=O)N(C6CCC(=O)NC6=O)C7=O)CC5)CC4)CC3)cc2)cc(C(=O)NCc2c(C)cc(C)[nH]c2=O)c1C)C1CCOCC1. The van der Waals surface area contributed by atoms with E-state index in [2.05, 4.69) is 82.7 Å². The average Bonchev–Trinajstić information content (AvgIpc) is 3.94. The number of anilines is 2. The van der Waals surface area contributed by atoms with Crippen molar-refractivity contribution in [1.29, 1.82) is 0 Å². The summed E-state index contributed by atoms with van der Waals surface area (Å²) >= 11 is 0. The highest BCUT2D eigenvalue weighted by Crippen LogP contribution is 2.42. The molecule has 18 heteroatoms. The molecule has 1 spiro atoms. The summed E-state index contributed by atoms with van der Waals surface area (Å²) < 4.78 is 5.72. The quantitative estimate of drug-likeness (QED) is 0.0667. The number of pyridine rings is 1. The zero-order valence-electron chi connectivity index (χ0n) is 47.3. The number of imide groups is 2. The Kier molecular flexibility index (Phi) is 17.6. The summed E-state index contributed by atoms with van der Waals surface area (Å²) in [6.07, 6.45) is 8.36. The molecule has 6 aliphatic rings. The second-order valence-corrected chi connectivity index (χ2v) is 23.2. The standard InChI is InChI=1S/C62H80N10O8/c1-5-71(47-17-33-80-34-18-47)53-37-46(36-49(43(53)4)57(75)64-38-50-41(2)35-42(3)65-58(50)76)45-13-11-44(12-14-45)39-68-29-31-69(32-30-68)40-55(74)70-27-21-62(22-28-70)19-25-67(26-20-62)24-7-6-23-63-51-10-8-9-48-56(51)61(79)72(60(48)78)52-15-16-54(73)66-59(52)77/h8-14,35-37,47,52,63H,5-7,15-34,38-40H2,1-4H3,(H,64,75)(H,65,76)(H,66,73,77). The lowest BCUT2D eigenvalue weighted by Gasteiger charge is -2.47. The number of hydrogen-bond donors (Lipinski definition) is 4. The summed E-state index contributed by atoms with van der Waals surface area (Å²) in [6, 6.07) is 19.3. The Morgan fingerprint density at radius 2 is 1.49 bits per heavy atom. The van der Waals surface area contributed by atoms with E-state index in [1.807, 2.05) is 32.9 Å². The third-order valence-corrected chi connectivity index (χ3v) is 18.1. The van der Waals surface area contributed by atoms with Crippen molar-refractivity contribution in [3.63, 3.8) is 0 Å². The summed E-state index contributed by atoms with van der Waals surface area (Å²) in [5.74, 6) is -1.98. The van der Waals surface area contributed by atoms with E-state index in [1.54, 1.807) is 18.2 Å². The number of carbonyl (C=O) groups is 6. The number of piperazine rings is 1. The maximum absolute atomic E-state index is 14.1. The van der Waals surface area contributed by atoms with Gasteiger partial charge in [-0.15, -0.1) is 0 Å². The number of aryl methyl sites for hydroxylation is 2. The van der Waals surface area contributed by atoms with Gasteiger partial charge < -0.3 is 35.1 Å². The number of H-pyrrole nitrogens is 1. The Morgan fingerprint density at radius 1 is 0.775 bits per heavy atom. The van der Waals surface area contributed by atoms with Crippen LogP contribution in [-0.4, -0.2) is 169 Å². The summed E-state index contributed by atoms with van der Waals surface area (Å²) in [5, 5.41) is 8.69. The van der Waals surface area contributed by atoms with Crippen LogP contribution in [0.25, 0.3) is 11.1 Å². The smallest absolute Gasteiger partial charge is 0.264 e. The molecule has 0 radical (unpaired) electrons. The highest BCUT2D eigenvalue weighted by Gasteiger charge is 2.46. The third kappa shape index (κ3) is 12.6. The normalized spacial score (nSPS) is 20.3. The highest BCUT2D eigenvalue weighted by atomic mass is 16.5. The summed E-state index contributed by atoms with van der Waals surface area (Å²) in [5.41, 5.74) is 9.25. The van der Waals surface area contributed by atoms with Gasteiger partial charge in [0.05, 0.1) is 17.7 Å². The Bertz CT molecular complexity index is 3020. The molecule has 80 heavy (non-hydrogen) atoms. The number of unbranched alkanes of at least 4 members (excludes halogenated alkanes) is 1. The first-order chi connectivity index (χ1) is 38.7. The number of hydrogen-bond acceptors (Lipinski definition) is 13. The summed E-state index contributed by atoms with van der Waals surface area (Å²) in [4.78, 5) is 107. The molecule has 6 aliphatic heterocycles. The molecule has 4 aromatic rings. The molecule has 3 aromatic carbocycles. The van der Waals surface area contributed by atoms with Crippen LogP contribution in [0.1, 0.15) is 130 Å². The monoisotopic (exact) mass is 1090 g/mol. The van der Waals surface area contributed by atoms with Gasteiger partial charge >= 0.3 is 0 Å². The van der Waals surface area contributed by atoms with Gasteiger partial charge in [-0.05, 0) is 169 Å². The van der Waals surface area contributed by atoms with Gasteiger partial charge in [0.15, 0.2) is 0 Å². The van der Waals surface area contributed by atoms with Gasteiger partial charge in [0.2, 0.25) is 17.7 Å². The molecule has 0 saturated carbocycles. The van der Waals surface area contributed by atoms with E-state index >= 15 is 0 Å². The number of aromatic amines is 1. The number of likely N-dealkylation sites (tertiary alicyclic amines) is 2. The first-order valence-electron chi connectivity index (χ1n) is 29.3. The fraction of sp³-hybridized carbons (Fsp3) is 0.532. The van der Waals surface area contributed by atoms with Crippen molar-refractivity contribution in [2.45, 2.75) is 117 Å². The predicted molar refractivity (Wildman–Crippen MR) is 308 cm³/mol. The van der Waals surface area contributed by atoms with Crippen LogP contribution in [-0.2, 0) is 32.2 Å². The average molecular weight is 1090 g/mol. The molecule has 7 heterocycles. The van der Waals surface area contributed by atoms with Gasteiger partial charge in [0.25, 0.3) is 23.3 Å². The van der Waals surface area contributed by atoms with Crippen molar-refractivity contribution in [3.8, 4) is 11.1 Å². The van der Waals surface area contributed by atoms with Gasteiger partial charge in [-0.2, -0.15) is 0 Å². The zero-order chi connectivity index (χ0) is 56.1. The molecule has 18 nitrogen and oxygen atoms in total. The second kappa shape index (κ2) is 25.0. The number of rotatable bonds is 18. The lowest BCUT2D eigenvalue weighted by atomic mass is 9.71. The van der Waals surface area contributed by atoms with Crippen LogP contribution in [0.3, 0.4) is 0 Å². The highest BCUT2D eigenvalue weighted by molar-refractivity contribution is 6.25. The van der Waals surface area contributed by atoms with E-state index < -0.39 is 29.7 Å². The van der Waals surface area contributed by atoms with E-state index in [9.17, 15) is 33.6 Å². The van der Waals surface area contributed by atoms with Gasteiger partial charge in [-0.25, -0.2) is 0 Å². The Morgan fingerprint density at radius 3 is 2.19 bits per heavy atom. The van der Waals surface area contributed by atoms with Crippen LogP contribution < -0.4 is 26.4 Å². The summed E-state index contributed by atoms with van der Waals surface area (Å²) in [7, 11) is 0. The van der Waals surface area contributed by atoms with Crippen LogP contribution in [0.5, 0.6) is 0 Å². The molecule has 0 bridgehead atoms. The molecule has 4 N–H and O–H groups in total. The van der Waals surface area contributed by atoms with Crippen LogP contribution in [0.4, 0.5) is 11.4 Å². The molecule has 1 unspecified atom stereocenters. The van der Waals surface area contributed by atoms with Crippen molar-refractivity contribution in [1.82, 2.24) is 40.1 Å². The topological polar surface area (TPSA) is 200 Å². The Balaban J connectivity index is 0.651. The number of fused-ring (bicyclic) bond motifs is 1. The molecule has 5 saturated heterocycles. The predicted octanol–water partition coefficient (Wildman–Crippen LogP) is 6.02. The zero-order valence-corrected chi connectivity index (χ0v) is 47.3. The van der Waals surface area contributed by atoms with E-state index in [4.69, 9.17) is 4.74 Å². The summed E-state index contributed by atoms with van der Waals surface area (Å²) in [6.45, 7) is 20.5. The van der Waals surface area contributed by atoms with Crippen molar-refractivity contribution < 1.29 is 33.5 Å². The molecular formula is C62H80N10O8.